The van der Waals surface area contributed by atoms with E-state index in [1.807, 2.05) is 0 Å². The van der Waals surface area contributed by atoms with E-state index in [-0.39, 0.29) is 17.8 Å². The Bertz CT molecular complexity index is 671. The fourth-order valence-electron chi connectivity index (χ4n) is 2.57. The summed E-state index contributed by atoms with van der Waals surface area (Å²) in [6.07, 6.45) is 3.06. The van der Waals surface area contributed by atoms with E-state index < -0.39 is 23.7 Å². The molecule has 23 heavy (non-hydrogen) atoms. The van der Waals surface area contributed by atoms with Crippen LogP contribution in [0.5, 0.6) is 0 Å². The van der Waals surface area contributed by atoms with Gasteiger partial charge in [0.2, 0.25) is 0 Å². The highest BCUT2D eigenvalue weighted by Gasteiger charge is 2.43. The van der Waals surface area contributed by atoms with Gasteiger partial charge in [-0.3, -0.25) is 24.4 Å². The predicted molar refractivity (Wildman–Crippen MR) is 82.1 cm³/mol. The molecular formula is C15H18N4O4. The average molecular weight is 318 g/mol. The van der Waals surface area contributed by atoms with Crippen LogP contribution in [0.25, 0.3) is 0 Å². The molecule has 1 aromatic rings. The van der Waals surface area contributed by atoms with Gasteiger partial charge < -0.3 is 10.4 Å². The lowest BCUT2D eigenvalue weighted by Gasteiger charge is -2.40. The van der Waals surface area contributed by atoms with Gasteiger partial charge in [0, 0.05) is 19.8 Å². The second-order valence-electron chi connectivity index (χ2n) is 5.05. The van der Waals surface area contributed by atoms with E-state index in [0.717, 1.165) is 0 Å². The van der Waals surface area contributed by atoms with Crippen LogP contribution in [-0.2, 0) is 14.4 Å². The largest absolute Gasteiger partial charge is 0.480 e. The second-order valence-corrected chi connectivity index (χ2v) is 5.05. The Kier molecular flexibility index (Phi) is 4.75. The van der Waals surface area contributed by atoms with Gasteiger partial charge in [0.15, 0.2) is 11.8 Å². The number of carboxylic acid groups (broad SMARTS) is 1. The molecule has 0 saturated carbocycles. The van der Waals surface area contributed by atoms with Crippen LogP contribution in [0.4, 0.5) is 5.69 Å². The number of pyridine rings is 1. The Morgan fingerprint density at radius 3 is 2.61 bits per heavy atom. The molecule has 0 saturated heterocycles. The molecule has 0 radical (unpaired) electrons. The van der Waals surface area contributed by atoms with E-state index in [4.69, 9.17) is 0 Å². The number of hydrazine groups is 1. The van der Waals surface area contributed by atoms with Crippen molar-refractivity contribution in [2.24, 2.45) is 0 Å². The van der Waals surface area contributed by atoms with Crippen molar-refractivity contribution in [2.45, 2.75) is 19.9 Å². The molecule has 0 spiro atoms. The minimum absolute atomic E-state index is 0.0298. The second kappa shape index (κ2) is 6.57. The smallest absolute Gasteiger partial charge is 0.327 e. The summed E-state index contributed by atoms with van der Waals surface area (Å²) in [6.45, 7) is 3.26. The molecule has 2 rings (SSSR count). The molecule has 2 N–H and O–H groups in total. The van der Waals surface area contributed by atoms with Gasteiger partial charge in [0.1, 0.15) is 5.70 Å². The van der Waals surface area contributed by atoms with Crippen LogP contribution in [0, 0.1) is 0 Å². The van der Waals surface area contributed by atoms with Crippen LogP contribution in [0.3, 0.4) is 0 Å². The van der Waals surface area contributed by atoms with Crippen molar-refractivity contribution in [3.05, 3.63) is 35.8 Å². The number of carboxylic acids is 1. The average Bonchev–Trinajstić information content (AvgIpc) is 2.50. The van der Waals surface area contributed by atoms with Crippen molar-refractivity contribution < 1.29 is 19.5 Å². The van der Waals surface area contributed by atoms with E-state index in [2.05, 4.69) is 10.3 Å². The fourth-order valence-corrected chi connectivity index (χ4v) is 2.57. The molecule has 8 nitrogen and oxygen atoms in total. The number of aliphatic carboxylic acids is 1. The highest BCUT2D eigenvalue weighted by atomic mass is 16.4. The zero-order chi connectivity index (χ0) is 17.1. The van der Waals surface area contributed by atoms with Crippen molar-refractivity contribution in [3.63, 3.8) is 0 Å². The maximum atomic E-state index is 12.7. The van der Waals surface area contributed by atoms with Gasteiger partial charge in [-0.1, -0.05) is 0 Å². The third kappa shape index (κ3) is 3.07. The van der Waals surface area contributed by atoms with Gasteiger partial charge in [-0.2, -0.15) is 0 Å². The number of hydrogen-bond acceptors (Lipinski definition) is 6. The van der Waals surface area contributed by atoms with E-state index in [1.54, 1.807) is 25.3 Å². The number of amides is 1. The topological polar surface area (TPSA) is 103 Å². The van der Waals surface area contributed by atoms with Gasteiger partial charge in [-0.15, -0.1) is 0 Å². The molecule has 1 aliphatic heterocycles. The lowest BCUT2D eigenvalue weighted by Crippen LogP contribution is -2.59. The van der Waals surface area contributed by atoms with Gasteiger partial charge in [0.05, 0.1) is 17.5 Å². The minimum Gasteiger partial charge on any atom is -0.480 e. The number of ketones is 1. The summed E-state index contributed by atoms with van der Waals surface area (Å²) in [7, 11) is 1.48. The third-order valence-corrected chi connectivity index (χ3v) is 3.59. The first-order valence-electron chi connectivity index (χ1n) is 7.08. The summed E-state index contributed by atoms with van der Waals surface area (Å²) < 4.78 is 0. The number of rotatable bonds is 5. The molecule has 1 aliphatic rings. The monoisotopic (exact) mass is 318 g/mol. The van der Waals surface area contributed by atoms with E-state index >= 15 is 0 Å². The Morgan fingerprint density at radius 1 is 1.43 bits per heavy atom. The highest BCUT2D eigenvalue weighted by molar-refractivity contribution is 6.11. The number of hydrogen-bond donors (Lipinski definition) is 2. The molecule has 0 aliphatic carbocycles. The number of carbonyl (C=O) groups is 3. The maximum absolute atomic E-state index is 12.7. The Hall–Kier alpha value is -2.74. The van der Waals surface area contributed by atoms with E-state index in [1.165, 1.54) is 30.2 Å². The van der Waals surface area contributed by atoms with Gasteiger partial charge in [-0.05, 0) is 26.0 Å². The van der Waals surface area contributed by atoms with Crippen molar-refractivity contribution in [3.8, 4) is 0 Å². The van der Waals surface area contributed by atoms with Crippen molar-refractivity contribution >= 4 is 23.3 Å². The van der Waals surface area contributed by atoms with Crippen molar-refractivity contribution in [1.29, 1.82) is 0 Å². The standard InChI is InChI=1S/C15H18N4O4/c1-4-19-14(21)12(17-10-6-5-7-16-8-10)11(9(2)20)13(15(22)23)18(19)3/h5-8,13,17H,4H2,1-3H3,(H,22,23). The molecule has 1 amide bonds. The molecule has 1 aromatic heterocycles. The maximum Gasteiger partial charge on any atom is 0.327 e. The van der Waals surface area contributed by atoms with Crippen LogP contribution in [0.15, 0.2) is 35.8 Å². The molecule has 2 heterocycles. The SMILES string of the molecule is CCN1C(=O)C(Nc2cccnc2)=C(C(C)=O)C(C(=O)O)N1C. The summed E-state index contributed by atoms with van der Waals surface area (Å²) in [5.74, 6) is -2.13. The molecule has 0 aromatic carbocycles. The summed E-state index contributed by atoms with van der Waals surface area (Å²) in [5.41, 5.74) is 0.399. The zero-order valence-corrected chi connectivity index (χ0v) is 13.1. The van der Waals surface area contributed by atoms with E-state index in [0.29, 0.717) is 5.69 Å². The molecular weight excluding hydrogens is 300 g/mol. The number of nitrogens with zero attached hydrogens (tertiary/aromatic N) is 3. The molecule has 122 valence electrons. The van der Waals surface area contributed by atoms with E-state index in [9.17, 15) is 19.5 Å². The van der Waals surface area contributed by atoms with Gasteiger partial charge in [0.25, 0.3) is 5.91 Å². The summed E-state index contributed by atoms with van der Waals surface area (Å²) in [6, 6.07) is 2.11. The molecule has 1 atom stereocenters. The normalized spacial score (nSPS) is 19.0. The lowest BCUT2D eigenvalue weighted by molar-refractivity contribution is -0.160. The molecule has 0 fully saturated rings. The number of likely N-dealkylation sites (N-methyl/N-ethyl adjacent to an activating group) is 2. The Labute approximate surface area is 133 Å². The Morgan fingerprint density at radius 2 is 2.13 bits per heavy atom. The van der Waals surface area contributed by atoms with Crippen molar-refractivity contribution in [2.75, 3.05) is 18.9 Å². The van der Waals surface area contributed by atoms with Crippen LogP contribution < -0.4 is 5.32 Å². The Balaban J connectivity index is 2.59. The molecule has 8 heteroatoms. The van der Waals surface area contributed by atoms with Gasteiger partial charge >= 0.3 is 5.97 Å². The summed E-state index contributed by atoms with van der Waals surface area (Å²) >= 11 is 0. The van der Waals surface area contributed by atoms with Crippen LogP contribution >= 0.6 is 0 Å². The zero-order valence-electron chi connectivity index (χ0n) is 13.1. The highest BCUT2D eigenvalue weighted by Crippen LogP contribution is 2.26. The molecule has 1 unspecified atom stereocenters. The summed E-state index contributed by atoms with van der Waals surface area (Å²) in [4.78, 5) is 40.3. The van der Waals surface area contributed by atoms with Gasteiger partial charge in [-0.25, -0.2) is 5.01 Å². The number of aromatic nitrogens is 1. The van der Waals surface area contributed by atoms with Crippen LogP contribution in [-0.4, -0.2) is 57.4 Å². The first-order valence-corrected chi connectivity index (χ1v) is 7.08. The molecule has 0 bridgehead atoms. The van der Waals surface area contributed by atoms with Crippen molar-refractivity contribution in [1.82, 2.24) is 15.0 Å². The first-order chi connectivity index (χ1) is 10.9. The lowest BCUT2D eigenvalue weighted by atomic mass is 9.97. The fraction of sp³-hybridized carbons (Fsp3) is 0.333. The quantitative estimate of drug-likeness (QED) is 0.815. The third-order valence-electron chi connectivity index (χ3n) is 3.59. The number of Topliss-reactive ketones (excluding diaryl/α,β-unsaturated/α-hetero) is 1. The predicted octanol–water partition coefficient (Wildman–Crippen LogP) is 0.499. The first kappa shape index (κ1) is 16.6. The summed E-state index contributed by atoms with van der Waals surface area (Å²) in [5, 5.41) is 14.9. The number of anilines is 1. The van der Waals surface area contributed by atoms with Crippen LogP contribution in [0.1, 0.15) is 13.8 Å². The number of carbonyl (C=O) groups excluding carboxylic acids is 2. The number of nitrogens with one attached hydrogen (secondary N) is 1. The van der Waals surface area contributed by atoms with Crippen LogP contribution in [0.2, 0.25) is 0 Å². The minimum atomic E-state index is -1.23.